The van der Waals surface area contributed by atoms with Crippen molar-refractivity contribution in [2.24, 2.45) is 5.41 Å². The van der Waals surface area contributed by atoms with E-state index in [2.05, 4.69) is 66.1 Å². The maximum Gasteiger partial charge on any atom is 0.320 e. The minimum atomic E-state index is -1.31. The number of amides is 3. The zero-order valence-electron chi connectivity index (χ0n) is 22.7. The summed E-state index contributed by atoms with van der Waals surface area (Å²) < 4.78 is 2.22. The van der Waals surface area contributed by atoms with Gasteiger partial charge in [0.05, 0.1) is 5.69 Å². The molecule has 3 amide bonds. The first-order chi connectivity index (χ1) is 18.2. The molecule has 2 unspecified atom stereocenters. The van der Waals surface area contributed by atoms with Crippen LogP contribution in [0.1, 0.15) is 37.6 Å². The standard InChI is InChI=1S/C31H35N5O2/c1-30(2,3)27-34(5)28(37)31(36(27)29(38)32-4,26-17-11-12-18-33-26)19-23-21-35(20-22-13-7-6-8-14-22)25-16-10-9-15-24(23)25/h6-18,21,27H,19-20H2,1-5H3,(H,32,38). The number of fused-ring (bicyclic) bond motifs is 1. The van der Waals surface area contributed by atoms with E-state index in [1.165, 1.54) is 5.56 Å². The second-order valence-corrected chi connectivity index (χ2v) is 11.1. The van der Waals surface area contributed by atoms with E-state index in [9.17, 15) is 9.59 Å². The number of benzene rings is 2. The van der Waals surface area contributed by atoms with Crippen LogP contribution in [0.15, 0.2) is 85.2 Å². The molecule has 2 aromatic carbocycles. The lowest BCUT2D eigenvalue weighted by Gasteiger charge is -2.42. The van der Waals surface area contributed by atoms with Crippen LogP contribution >= 0.6 is 0 Å². The molecule has 1 saturated heterocycles. The Morgan fingerprint density at radius 2 is 1.68 bits per heavy atom. The number of rotatable bonds is 5. The van der Waals surface area contributed by atoms with Crippen molar-refractivity contribution in [3.05, 3.63) is 102 Å². The van der Waals surface area contributed by atoms with Gasteiger partial charge in [0.2, 0.25) is 0 Å². The minimum absolute atomic E-state index is 0.139. The van der Waals surface area contributed by atoms with Gasteiger partial charge in [-0.3, -0.25) is 14.7 Å². The maximum atomic E-state index is 14.4. The Balaban J connectivity index is 1.72. The second kappa shape index (κ2) is 9.63. The third kappa shape index (κ3) is 4.12. The van der Waals surface area contributed by atoms with E-state index in [1.54, 1.807) is 30.1 Å². The first kappa shape index (κ1) is 25.5. The summed E-state index contributed by atoms with van der Waals surface area (Å²) in [4.78, 5) is 36.2. The molecule has 0 radical (unpaired) electrons. The molecule has 0 spiro atoms. The minimum Gasteiger partial charge on any atom is -0.343 e. The van der Waals surface area contributed by atoms with Crippen LogP contribution in [0.3, 0.4) is 0 Å². The molecule has 3 heterocycles. The fraction of sp³-hybridized carbons (Fsp3) is 0.323. The smallest absolute Gasteiger partial charge is 0.320 e. The monoisotopic (exact) mass is 509 g/mol. The Bertz CT molecular complexity index is 1460. The van der Waals surface area contributed by atoms with E-state index in [0.717, 1.165) is 16.5 Å². The number of nitrogens with zero attached hydrogens (tertiary/aromatic N) is 4. The molecule has 4 aromatic rings. The maximum absolute atomic E-state index is 14.4. The zero-order valence-corrected chi connectivity index (χ0v) is 22.7. The van der Waals surface area contributed by atoms with Gasteiger partial charge in [0.15, 0.2) is 5.54 Å². The molecule has 7 heteroatoms. The molecule has 7 nitrogen and oxygen atoms in total. The van der Waals surface area contributed by atoms with Crippen LogP contribution in [0.2, 0.25) is 0 Å². The van der Waals surface area contributed by atoms with Crippen LogP contribution < -0.4 is 5.32 Å². The molecule has 0 bridgehead atoms. The lowest BCUT2D eigenvalue weighted by molar-refractivity contribution is -0.133. The SMILES string of the molecule is CNC(=O)N1C(C(C)(C)C)N(C)C(=O)C1(Cc1cn(Cc2ccccc2)c2ccccc12)c1ccccn1. The van der Waals surface area contributed by atoms with Crippen molar-refractivity contribution in [1.29, 1.82) is 0 Å². The lowest BCUT2D eigenvalue weighted by Crippen LogP contribution is -2.58. The van der Waals surface area contributed by atoms with Gasteiger partial charge < -0.3 is 14.8 Å². The van der Waals surface area contributed by atoms with E-state index in [-0.39, 0.29) is 11.9 Å². The van der Waals surface area contributed by atoms with Crippen molar-refractivity contribution >= 4 is 22.8 Å². The molecule has 38 heavy (non-hydrogen) atoms. The van der Waals surface area contributed by atoms with Crippen LogP contribution in [0.5, 0.6) is 0 Å². The largest absolute Gasteiger partial charge is 0.343 e. The highest BCUT2D eigenvalue weighted by molar-refractivity contribution is 5.96. The number of urea groups is 1. The van der Waals surface area contributed by atoms with Crippen LogP contribution in [0.4, 0.5) is 4.79 Å². The Labute approximate surface area is 224 Å². The van der Waals surface area contributed by atoms with Gasteiger partial charge in [-0.15, -0.1) is 0 Å². The van der Waals surface area contributed by atoms with Gasteiger partial charge in [-0.25, -0.2) is 4.79 Å². The summed E-state index contributed by atoms with van der Waals surface area (Å²) in [5.41, 5.74) is 2.13. The van der Waals surface area contributed by atoms with Crippen molar-refractivity contribution in [2.75, 3.05) is 14.1 Å². The van der Waals surface area contributed by atoms with Crippen LogP contribution in [0.25, 0.3) is 10.9 Å². The highest BCUT2D eigenvalue weighted by Gasteiger charge is 2.62. The Morgan fingerprint density at radius 1 is 1.00 bits per heavy atom. The number of aromatic nitrogens is 2. The number of hydrogen-bond acceptors (Lipinski definition) is 3. The molecule has 1 aliphatic heterocycles. The van der Waals surface area contributed by atoms with Crippen molar-refractivity contribution in [3.63, 3.8) is 0 Å². The first-order valence-corrected chi connectivity index (χ1v) is 13.0. The Kier molecular flexibility index (Phi) is 6.47. The second-order valence-electron chi connectivity index (χ2n) is 11.1. The predicted molar refractivity (Wildman–Crippen MR) is 149 cm³/mol. The molecule has 1 N–H and O–H groups in total. The van der Waals surface area contributed by atoms with Crippen LogP contribution in [-0.4, -0.2) is 51.6 Å². The summed E-state index contributed by atoms with van der Waals surface area (Å²) in [6.07, 6.45) is 3.65. The molecule has 196 valence electrons. The summed E-state index contributed by atoms with van der Waals surface area (Å²) in [5, 5.41) is 3.87. The number of para-hydroxylation sites is 1. The van der Waals surface area contributed by atoms with E-state index in [1.807, 2.05) is 48.5 Å². The number of likely N-dealkylation sites (N-methyl/N-ethyl adjacent to an activating group) is 1. The molecule has 0 aliphatic carbocycles. The zero-order chi connectivity index (χ0) is 27.1. The van der Waals surface area contributed by atoms with Gasteiger partial charge >= 0.3 is 6.03 Å². The average molecular weight is 510 g/mol. The molecule has 5 rings (SSSR count). The molecular formula is C31H35N5O2. The van der Waals surface area contributed by atoms with Crippen molar-refractivity contribution in [3.8, 4) is 0 Å². The molecular weight excluding hydrogens is 474 g/mol. The normalized spacial score (nSPS) is 19.8. The lowest BCUT2D eigenvalue weighted by atomic mass is 9.84. The molecule has 1 aliphatic rings. The summed E-state index contributed by atoms with van der Waals surface area (Å²) >= 11 is 0. The van der Waals surface area contributed by atoms with Crippen LogP contribution in [-0.2, 0) is 23.3 Å². The molecule has 1 fully saturated rings. The first-order valence-electron chi connectivity index (χ1n) is 13.0. The highest BCUT2D eigenvalue weighted by Crippen LogP contribution is 2.46. The number of pyridine rings is 1. The fourth-order valence-corrected chi connectivity index (χ4v) is 6.00. The number of nitrogens with one attached hydrogen (secondary N) is 1. The Morgan fingerprint density at radius 3 is 2.34 bits per heavy atom. The molecule has 2 aromatic heterocycles. The van der Waals surface area contributed by atoms with Gasteiger partial charge in [-0.05, 0) is 29.3 Å². The van der Waals surface area contributed by atoms with Gasteiger partial charge in [-0.2, -0.15) is 0 Å². The quantitative estimate of drug-likeness (QED) is 0.411. The topological polar surface area (TPSA) is 70.5 Å². The average Bonchev–Trinajstić information content (AvgIpc) is 3.37. The third-order valence-electron chi connectivity index (χ3n) is 7.51. The predicted octanol–water partition coefficient (Wildman–Crippen LogP) is 5.01. The van der Waals surface area contributed by atoms with Crippen molar-refractivity contribution in [2.45, 2.75) is 45.4 Å². The highest BCUT2D eigenvalue weighted by atomic mass is 16.2. The van der Waals surface area contributed by atoms with Gasteiger partial charge in [0, 0.05) is 55.8 Å². The van der Waals surface area contributed by atoms with Gasteiger partial charge in [0.1, 0.15) is 6.17 Å². The number of carbonyl (C=O) groups is 2. The van der Waals surface area contributed by atoms with E-state index < -0.39 is 17.1 Å². The van der Waals surface area contributed by atoms with Crippen molar-refractivity contribution < 1.29 is 9.59 Å². The van der Waals surface area contributed by atoms with E-state index in [4.69, 9.17) is 0 Å². The summed E-state index contributed by atoms with van der Waals surface area (Å²) in [7, 11) is 3.40. The summed E-state index contributed by atoms with van der Waals surface area (Å²) in [5.74, 6) is -0.139. The van der Waals surface area contributed by atoms with Gasteiger partial charge in [-0.1, -0.05) is 75.4 Å². The van der Waals surface area contributed by atoms with E-state index >= 15 is 0 Å². The molecule has 0 saturated carbocycles. The van der Waals surface area contributed by atoms with Gasteiger partial charge in [0.25, 0.3) is 5.91 Å². The number of carbonyl (C=O) groups excluding carboxylic acids is 2. The fourth-order valence-electron chi connectivity index (χ4n) is 6.00. The van der Waals surface area contributed by atoms with Crippen molar-refractivity contribution in [1.82, 2.24) is 24.7 Å². The van der Waals surface area contributed by atoms with Crippen LogP contribution in [0, 0.1) is 5.41 Å². The van der Waals surface area contributed by atoms with E-state index in [0.29, 0.717) is 18.7 Å². The summed E-state index contributed by atoms with van der Waals surface area (Å²) in [6.45, 7) is 6.86. The number of hydrogen-bond donors (Lipinski definition) is 1. The molecule has 2 atom stereocenters. The Hall–Kier alpha value is -4.13. The third-order valence-corrected chi connectivity index (χ3v) is 7.51. The summed E-state index contributed by atoms with van der Waals surface area (Å²) in [6, 6.07) is 23.8.